The third-order valence-electron chi connectivity index (χ3n) is 2.57. The van der Waals surface area contributed by atoms with Crippen LogP contribution in [0.15, 0.2) is 22.7 Å². The van der Waals surface area contributed by atoms with Crippen LogP contribution >= 0.6 is 15.9 Å². The smallest absolute Gasteiger partial charge is 0.0410 e. The van der Waals surface area contributed by atoms with Crippen LogP contribution in [0.2, 0.25) is 0 Å². The summed E-state index contributed by atoms with van der Waals surface area (Å²) < 4.78 is 1.13. The zero-order valence-corrected chi connectivity index (χ0v) is 11.0. The molecular weight excluding hydrogens is 252 g/mol. The lowest BCUT2D eigenvalue weighted by Crippen LogP contribution is -2.23. The molecule has 0 aromatic heterocycles. The molecule has 2 nitrogen and oxygen atoms in total. The first-order valence-electron chi connectivity index (χ1n) is 5.46. The molecule has 0 bridgehead atoms. The van der Waals surface area contributed by atoms with Crippen molar-refractivity contribution in [3.63, 3.8) is 0 Å². The average molecular weight is 271 g/mol. The summed E-state index contributed by atoms with van der Waals surface area (Å²) in [6, 6.07) is 6.42. The Labute approximate surface area is 101 Å². The van der Waals surface area contributed by atoms with Crippen molar-refractivity contribution in [2.45, 2.75) is 20.3 Å². The Balaban J connectivity index is 3.04. The molecule has 0 aliphatic carbocycles. The van der Waals surface area contributed by atoms with Gasteiger partial charge in [0.2, 0.25) is 0 Å². The van der Waals surface area contributed by atoms with Crippen molar-refractivity contribution in [2.24, 2.45) is 5.73 Å². The highest BCUT2D eigenvalue weighted by Gasteiger charge is 2.08. The molecule has 84 valence electrons. The molecule has 0 atom stereocenters. The zero-order valence-electron chi connectivity index (χ0n) is 9.46. The summed E-state index contributed by atoms with van der Waals surface area (Å²) in [7, 11) is 0. The molecule has 0 spiro atoms. The van der Waals surface area contributed by atoms with Gasteiger partial charge in [0.1, 0.15) is 0 Å². The van der Waals surface area contributed by atoms with Crippen LogP contribution in [-0.2, 0) is 6.42 Å². The maximum absolute atomic E-state index is 5.62. The summed E-state index contributed by atoms with van der Waals surface area (Å²) in [6.45, 7) is 7.12. The first-order valence-corrected chi connectivity index (χ1v) is 6.25. The van der Waals surface area contributed by atoms with Crippen molar-refractivity contribution >= 4 is 21.6 Å². The van der Waals surface area contributed by atoms with E-state index in [1.807, 2.05) is 0 Å². The Morgan fingerprint density at radius 2 is 1.93 bits per heavy atom. The summed E-state index contributed by atoms with van der Waals surface area (Å²) in [5, 5.41) is 0. The van der Waals surface area contributed by atoms with E-state index >= 15 is 0 Å². The van der Waals surface area contributed by atoms with Crippen LogP contribution in [0, 0.1) is 0 Å². The molecular formula is C12H19BrN2. The van der Waals surface area contributed by atoms with Crippen molar-refractivity contribution in [1.82, 2.24) is 0 Å². The van der Waals surface area contributed by atoms with Crippen LogP contribution < -0.4 is 10.6 Å². The summed E-state index contributed by atoms with van der Waals surface area (Å²) >= 11 is 3.52. The third-order valence-corrected chi connectivity index (χ3v) is 3.06. The predicted octanol–water partition coefficient (Wildman–Crippen LogP) is 2.80. The van der Waals surface area contributed by atoms with Crippen molar-refractivity contribution in [3.05, 3.63) is 28.2 Å². The van der Waals surface area contributed by atoms with Gasteiger partial charge < -0.3 is 10.6 Å². The van der Waals surface area contributed by atoms with E-state index < -0.39 is 0 Å². The van der Waals surface area contributed by atoms with Crippen LogP contribution in [-0.4, -0.2) is 19.6 Å². The summed E-state index contributed by atoms with van der Waals surface area (Å²) in [4.78, 5) is 2.36. The van der Waals surface area contributed by atoms with Gasteiger partial charge in [0.05, 0.1) is 0 Å². The minimum atomic E-state index is 0.704. The molecule has 1 aromatic carbocycles. The van der Waals surface area contributed by atoms with Gasteiger partial charge >= 0.3 is 0 Å². The number of anilines is 1. The first-order chi connectivity index (χ1) is 7.22. The van der Waals surface area contributed by atoms with Gasteiger partial charge in [0.15, 0.2) is 0 Å². The Bertz CT molecular complexity index is 308. The predicted molar refractivity (Wildman–Crippen MR) is 70.5 cm³/mol. The van der Waals surface area contributed by atoms with Gasteiger partial charge in [-0.1, -0.05) is 22.0 Å². The van der Waals surface area contributed by atoms with Gasteiger partial charge in [0, 0.05) is 23.2 Å². The van der Waals surface area contributed by atoms with Crippen molar-refractivity contribution in [1.29, 1.82) is 0 Å². The van der Waals surface area contributed by atoms with E-state index in [4.69, 9.17) is 5.73 Å². The molecule has 0 aliphatic heterocycles. The fourth-order valence-electron chi connectivity index (χ4n) is 1.76. The lowest BCUT2D eigenvalue weighted by Gasteiger charge is -2.24. The normalized spacial score (nSPS) is 10.4. The molecule has 3 heteroatoms. The molecule has 2 N–H and O–H groups in total. The number of hydrogen-bond donors (Lipinski definition) is 1. The minimum absolute atomic E-state index is 0.704. The standard InChI is InChI=1S/C12H19BrN2/c1-3-15(4-2)12-9-11(13)6-5-10(12)7-8-14/h5-6,9H,3-4,7-8,14H2,1-2H3. The Morgan fingerprint density at radius 3 is 2.47 bits per heavy atom. The molecule has 0 radical (unpaired) electrons. The van der Waals surface area contributed by atoms with Crippen LogP contribution in [0.4, 0.5) is 5.69 Å². The van der Waals surface area contributed by atoms with E-state index in [9.17, 15) is 0 Å². The van der Waals surface area contributed by atoms with Crippen LogP contribution in [0.25, 0.3) is 0 Å². The second kappa shape index (κ2) is 6.13. The van der Waals surface area contributed by atoms with Gasteiger partial charge in [-0.15, -0.1) is 0 Å². The number of nitrogens with zero attached hydrogens (tertiary/aromatic N) is 1. The number of nitrogens with two attached hydrogens (primary N) is 1. The van der Waals surface area contributed by atoms with Gasteiger partial charge in [-0.05, 0) is 44.5 Å². The van der Waals surface area contributed by atoms with E-state index in [1.165, 1.54) is 11.3 Å². The average Bonchev–Trinajstić information content (AvgIpc) is 2.24. The van der Waals surface area contributed by atoms with E-state index in [0.29, 0.717) is 6.54 Å². The van der Waals surface area contributed by atoms with Crippen LogP contribution in [0.3, 0.4) is 0 Å². The maximum Gasteiger partial charge on any atom is 0.0410 e. The topological polar surface area (TPSA) is 29.3 Å². The lowest BCUT2D eigenvalue weighted by atomic mass is 10.1. The summed E-state index contributed by atoms with van der Waals surface area (Å²) in [5.41, 5.74) is 8.26. The van der Waals surface area contributed by atoms with E-state index in [-0.39, 0.29) is 0 Å². The van der Waals surface area contributed by atoms with E-state index in [2.05, 4.69) is 52.9 Å². The number of benzene rings is 1. The summed E-state index contributed by atoms with van der Waals surface area (Å²) in [5.74, 6) is 0. The second-order valence-electron chi connectivity index (χ2n) is 3.48. The molecule has 0 amide bonds. The van der Waals surface area contributed by atoms with Gasteiger partial charge in [-0.25, -0.2) is 0 Å². The van der Waals surface area contributed by atoms with Gasteiger partial charge in [-0.3, -0.25) is 0 Å². The fourth-order valence-corrected chi connectivity index (χ4v) is 2.11. The quantitative estimate of drug-likeness (QED) is 0.892. The van der Waals surface area contributed by atoms with Gasteiger partial charge in [0.25, 0.3) is 0 Å². The SMILES string of the molecule is CCN(CC)c1cc(Br)ccc1CCN. The molecule has 0 saturated heterocycles. The molecule has 1 aromatic rings. The van der Waals surface area contributed by atoms with Gasteiger partial charge in [-0.2, -0.15) is 0 Å². The second-order valence-corrected chi connectivity index (χ2v) is 4.40. The molecule has 0 fully saturated rings. The van der Waals surface area contributed by atoms with Crippen molar-refractivity contribution < 1.29 is 0 Å². The van der Waals surface area contributed by atoms with Crippen molar-refractivity contribution in [2.75, 3.05) is 24.5 Å². The van der Waals surface area contributed by atoms with Crippen LogP contribution in [0.1, 0.15) is 19.4 Å². The van der Waals surface area contributed by atoms with E-state index in [1.54, 1.807) is 0 Å². The van der Waals surface area contributed by atoms with Crippen molar-refractivity contribution in [3.8, 4) is 0 Å². The molecule has 0 unspecified atom stereocenters. The fraction of sp³-hybridized carbons (Fsp3) is 0.500. The maximum atomic E-state index is 5.62. The Kier molecular flexibility index (Phi) is 5.12. The Morgan fingerprint density at radius 1 is 1.27 bits per heavy atom. The number of hydrogen-bond acceptors (Lipinski definition) is 2. The number of halogens is 1. The highest BCUT2D eigenvalue weighted by molar-refractivity contribution is 9.10. The molecule has 1 rings (SSSR count). The Hall–Kier alpha value is -0.540. The molecule has 0 aliphatic rings. The lowest BCUT2D eigenvalue weighted by molar-refractivity contribution is 0.848. The first kappa shape index (κ1) is 12.5. The van der Waals surface area contributed by atoms with Crippen LogP contribution in [0.5, 0.6) is 0 Å². The third kappa shape index (κ3) is 3.21. The zero-order chi connectivity index (χ0) is 11.3. The van der Waals surface area contributed by atoms with E-state index in [0.717, 1.165) is 24.0 Å². The largest absolute Gasteiger partial charge is 0.372 e. The summed E-state index contributed by atoms with van der Waals surface area (Å²) in [6.07, 6.45) is 0.944. The highest BCUT2D eigenvalue weighted by Crippen LogP contribution is 2.25. The highest BCUT2D eigenvalue weighted by atomic mass is 79.9. The molecule has 15 heavy (non-hydrogen) atoms. The monoisotopic (exact) mass is 270 g/mol. The number of rotatable bonds is 5. The molecule has 0 heterocycles. The minimum Gasteiger partial charge on any atom is -0.372 e. The molecule has 0 saturated carbocycles.